The Bertz CT molecular complexity index is 1080. The molecule has 0 radical (unpaired) electrons. The van der Waals surface area contributed by atoms with Crippen LogP contribution in [0.25, 0.3) is 0 Å². The molecule has 0 saturated heterocycles. The van der Waals surface area contributed by atoms with E-state index in [1.54, 1.807) is 30.3 Å². The number of nitrogens with zero attached hydrogens (tertiary/aromatic N) is 1. The molecular formula is C23H26F3N5O4. The molecule has 0 fully saturated rings. The van der Waals surface area contributed by atoms with Crippen molar-refractivity contribution in [2.45, 2.75) is 38.9 Å². The minimum atomic E-state index is -4.79. The second-order valence-corrected chi connectivity index (χ2v) is 8.06. The van der Waals surface area contributed by atoms with Gasteiger partial charge in [-0.1, -0.05) is 44.2 Å². The molecule has 2 aromatic rings. The lowest BCUT2D eigenvalue weighted by Crippen LogP contribution is -2.45. The molecule has 0 spiro atoms. The normalized spacial score (nSPS) is 11.9. The van der Waals surface area contributed by atoms with Gasteiger partial charge in [0.25, 0.3) is 5.91 Å². The summed E-state index contributed by atoms with van der Waals surface area (Å²) in [4.78, 5) is 45.7. The Kier molecular flexibility index (Phi) is 9.20. The number of hydroxylamine groups is 1. The van der Waals surface area contributed by atoms with Crippen LogP contribution in [0.15, 0.2) is 53.5 Å². The molecule has 0 heterocycles. The van der Waals surface area contributed by atoms with Crippen LogP contribution in [0.1, 0.15) is 41.8 Å². The van der Waals surface area contributed by atoms with Crippen molar-refractivity contribution in [1.29, 1.82) is 0 Å². The Labute approximate surface area is 199 Å². The third kappa shape index (κ3) is 8.99. The number of hydrogen-bond acceptors (Lipinski definition) is 5. The predicted octanol–water partition coefficient (Wildman–Crippen LogP) is 2.57. The van der Waals surface area contributed by atoms with E-state index in [4.69, 9.17) is 16.3 Å². The first-order valence-corrected chi connectivity index (χ1v) is 10.5. The molecule has 0 bridgehead atoms. The fourth-order valence-corrected chi connectivity index (χ4v) is 3.01. The second-order valence-electron chi connectivity index (χ2n) is 8.06. The van der Waals surface area contributed by atoms with Crippen LogP contribution < -0.4 is 22.3 Å². The van der Waals surface area contributed by atoms with Gasteiger partial charge in [-0.3, -0.25) is 9.59 Å². The number of nitrogens with one attached hydrogen (secondary N) is 2. The number of benzene rings is 2. The van der Waals surface area contributed by atoms with Gasteiger partial charge in [0.15, 0.2) is 5.96 Å². The quantitative estimate of drug-likeness (QED) is 0.252. The summed E-state index contributed by atoms with van der Waals surface area (Å²) in [6.07, 6.45) is -4.57. The molecule has 0 unspecified atom stereocenters. The van der Waals surface area contributed by atoms with E-state index in [9.17, 15) is 27.6 Å². The van der Waals surface area contributed by atoms with E-state index in [0.29, 0.717) is 17.7 Å². The number of rotatable bonds is 8. The number of nitrogens with two attached hydrogens (primary N) is 2. The maximum atomic E-state index is 13.2. The fourth-order valence-electron chi connectivity index (χ4n) is 3.01. The Morgan fingerprint density at radius 3 is 2.29 bits per heavy atom. The summed E-state index contributed by atoms with van der Waals surface area (Å²) < 4.78 is 39.7. The van der Waals surface area contributed by atoms with Crippen LogP contribution in [0, 0.1) is 5.92 Å². The van der Waals surface area contributed by atoms with Gasteiger partial charge in [0, 0.05) is 18.4 Å². The average Bonchev–Trinajstić information content (AvgIpc) is 2.75. The Morgan fingerprint density at radius 2 is 1.71 bits per heavy atom. The van der Waals surface area contributed by atoms with Crippen LogP contribution in [0.4, 0.5) is 18.9 Å². The maximum absolute atomic E-state index is 13.2. The van der Waals surface area contributed by atoms with Gasteiger partial charge in [-0.15, -0.1) is 0 Å². The summed E-state index contributed by atoms with van der Waals surface area (Å²) in [6, 6.07) is 9.80. The van der Waals surface area contributed by atoms with Crippen LogP contribution >= 0.6 is 0 Å². The molecule has 1 atom stereocenters. The fraction of sp³-hybridized carbons (Fsp3) is 0.304. The molecule has 2 rings (SSSR count). The zero-order valence-corrected chi connectivity index (χ0v) is 19.1. The van der Waals surface area contributed by atoms with Gasteiger partial charge < -0.3 is 21.6 Å². The van der Waals surface area contributed by atoms with Gasteiger partial charge in [0.1, 0.15) is 6.04 Å². The number of amides is 2. The van der Waals surface area contributed by atoms with Gasteiger partial charge in [0.2, 0.25) is 5.91 Å². The van der Waals surface area contributed by atoms with E-state index in [1.807, 2.05) is 19.3 Å². The molecule has 9 nitrogen and oxygen atoms in total. The SMILES string of the molecule is CC(C)CC(=O)N[C@@H](Cc1ccccc1)C(=O)ONC(=O)c1cc(N=C(N)N)cc(C(F)(F)F)c1. The van der Waals surface area contributed by atoms with Crippen LogP contribution in [0.5, 0.6) is 0 Å². The van der Waals surface area contributed by atoms with Crippen molar-refractivity contribution >= 4 is 29.4 Å². The van der Waals surface area contributed by atoms with E-state index in [-0.39, 0.29) is 24.4 Å². The summed E-state index contributed by atoms with van der Waals surface area (Å²) in [7, 11) is 0. The molecule has 188 valence electrons. The molecule has 35 heavy (non-hydrogen) atoms. The number of hydrogen-bond donors (Lipinski definition) is 4. The average molecular weight is 493 g/mol. The van der Waals surface area contributed by atoms with Crippen molar-refractivity contribution in [3.05, 3.63) is 65.2 Å². The van der Waals surface area contributed by atoms with Crippen molar-refractivity contribution in [2.24, 2.45) is 22.4 Å². The minimum absolute atomic E-state index is 0.0309. The molecule has 12 heteroatoms. The van der Waals surface area contributed by atoms with Crippen molar-refractivity contribution in [2.75, 3.05) is 0 Å². The van der Waals surface area contributed by atoms with Crippen LogP contribution in [0.3, 0.4) is 0 Å². The molecule has 0 saturated carbocycles. The zero-order chi connectivity index (χ0) is 26.2. The molecule has 0 aliphatic carbocycles. The van der Waals surface area contributed by atoms with Crippen molar-refractivity contribution in [1.82, 2.24) is 10.8 Å². The first kappa shape index (κ1) is 27.2. The number of alkyl halides is 3. The largest absolute Gasteiger partial charge is 0.416 e. The summed E-state index contributed by atoms with van der Waals surface area (Å²) in [5.41, 5.74) is 11.0. The number of carbonyl (C=O) groups excluding carboxylic acids is 3. The minimum Gasteiger partial charge on any atom is -0.370 e. The molecule has 0 aliphatic heterocycles. The smallest absolute Gasteiger partial charge is 0.370 e. The highest BCUT2D eigenvalue weighted by atomic mass is 19.4. The van der Waals surface area contributed by atoms with Crippen LogP contribution in [0.2, 0.25) is 0 Å². The molecule has 2 amide bonds. The van der Waals surface area contributed by atoms with Gasteiger partial charge in [-0.2, -0.15) is 18.7 Å². The first-order chi connectivity index (χ1) is 16.3. The van der Waals surface area contributed by atoms with Gasteiger partial charge in [-0.05, 0) is 29.7 Å². The number of halogens is 3. The van der Waals surface area contributed by atoms with E-state index in [2.05, 4.69) is 10.3 Å². The molecule has 6 N–H and O–H groups in total. The number of carbonyl (C=O) groups is 3. The third-order valence-corrected chi connectivity index (χ3v) is 4.51. The highest BCUT2D eigenvalue weighted by Crippen LogP contribution is 2.32. The van der Waals surface area contributed by atoms with E-state index in [1.165, 1.54) is 0 Å². The predicted molar refractivity (Wildman–Crippen MR) is 122 cm³/mol. The summed E-state index contributed by atoms with van der Waals surface area (Å²) >= 11 is 0. The van der Waals surface area contributed by atoms with Crippen LogP contribution in [-0.2, 0) is 27.0 Å². The number of guanidine groups is 1. The van der Waals surface area contributed by atoms with Crippen LogP contribution in [-0.4, -0.2) is 29.8 Å². The topological polar surface area (TPSA) is 149 Å². The lowest BCUT2D eigenvalue weighted by Gasteiger charge is -2.18. The third-order valence-electron chi connectivity index (χ3n) is 4.51. The number of aliphatic imine (C=N–C) groups is 1. The van der Waals surface area contributed by atoms with Gasteiger partial charge >= 0.3 is 12.1 Å². The van der Waals surface area contributed by atoms with Crippen molar-refractivity contribution < 1.29 is 32.4 Å². The van der Waals surface area contributed by atoms with Gasteiger partial charge in [0.05, 0.1) is 11.3 Å². The van der Waals surface area contributed by atoms with E-state index < -0.39 is 47.1 Å². The maximum Gasteiger partial charge on any atom is 0.416 e. The summed E-state index contributed by atoms with van der Waals surface area (Å²) in [5, 5.41) is 2.56. The van der Waals surface area contributed by atoms with Crippen molar-refractivity contribution in [3.63, 3.8) is 0 Å². The van der Waals surface area contributed by atoms with Crippen molar-refractivity contribution in [3.8, 4) is 0 Å². The lowest BCUT2D eigenvalue weighted by molar-refractivity contribution is -0.153. The standard InChI is InChI=1S/C23H26F3N5O4/c1-13(2)8-19(32)30-18(9-14-6-4-3-5-7-14)21(34)35-31-20(33)15-10-16(23(24,25)26)12-17(11-15)29-22(27)28/h3-7,10-13,18H,8-9H2,1-2H3,(H,30,32)(H,31,33)(H4,27,28,29)/t18-/m0/s1. The summed E-state index contributed by atoms with van der Waals surface area (Å²) in [5.74, 6) is -3.03. The Hall–Kier alpha value is -4.09. The Morgan fingerprint density at radius 1 is 1.06 bits per heavy atom. The summed E-state index contributed by atoms with van der Waals surface area (Å²) in [6.45, 7) is 3.66. The molecule has 0 aliphatic rings. The highest BCUT2D eigenvalue weighted by molar-refractivity contribution is 5.96. The molecular weight excluding hydrogens is 467 g/mol. The van der Waals surface area contributed by atoms with Gasteiger partial charge in [-0.25, -0.2) is 9.79 Å². The lowest BCUT2D eigenvalue weighted by atomic mass is 10.0. The monoisotopic (exact) mass is 493 g/mol. The first-order valence-electron chi connectivity index (χ1n) is 10.5. The molecule has 0 aromatic heterocycles. The van der Waals surface area contributed by atoms with E-state index >= 15 is 0 Å². The zero-order valence-electron chi connectivity index (χ0n) is 19.1. The molecule has 2 aromatic carbocycles. The second kappa shape index (κ2) is 11.9. The van der Waals surface area contributed by atoms with E-state index in [0.717, 1.165) is 6.07 Å². The highest BCUT2D eigenvalue weighted by Gasteiger charge is 2.32. The Balaban J connectivity index is 2.19.